The fourth-order valence-electron chi connectivity index (χ4n) is 1.58. The van der Waals surface area contributed by atoms with Crippen LogP contribution in [0, 0.1) is 20.8 Å². The van der Waals surface area contributed by atoms with E-state index >= 15 is 0 Å². The topological polar surface area (TPSA) is 12.9 Å². The molecule has 0 aliphatic rings. The summed E-state index contributed by atoms with van der Waals surface area (Å²) in [6, 6.07) is 6.54. The Morgan fingerprint density at radius 2 is 1.93 bits per heavy atom. The van der Waals surface area contributed by atoms with Crippen LogP contribution in [-0.2, 0) is 0 Å². The molecular formula is C12H13NS. The molecule has 2 rings (SSSR count). The molecule has 0 fully saturated rings. The van der Waals surface area contributed by atoms with E-state index in [0.29, 0.717) is 0 Å². The van der Waals surface area contributed by atoms with Crippen molar-refractivity contribution >= 4 is 11.3 Å². The largest absolute Gasteiger partial charge is 0.249 e. The Balaban J connectivity index is 2.52. The fourth-order valence-corrected chi connectivity index (χ4v) is 2.44. The quantitative estimate of drug-likeness (QED) is 0.688. The summed E-state index contributed by atoms with van der Waals surface area (Å²) in [6.45, 7) is 6.31. The molecule has 0 saturated heterocycles. The molecule has 0 spiro atoms. The summed E-state index contributed by atoms with van der Waals surface area (Å²) in [5.41, 5.74) is 3.95. The minimum Gasteiger partial charge on any atom is -0.249 e. The number of aromatic nitrogens is 1. The van der Waals surface area contributed by atoms with Crippen LogP contribution < -0.4 is 0 Å². The van der Waals surface area contributed by atoms with E-state index in [-0.39, 0.29) is 0 Å². The molecule has 2 heteroatoms. The molecule has 0 aliphatic heterocycles. The van der Waals surface area contributed by atoms with Crippen molar-refractivity contribution in [1.29, 1.82) is 0 Å². The van der Waals surface area contributed by atoms with Crippen LogP contribution in [-0.4, -0.2) is 4.98 Å². The first kappa shape index (κ1) is 9.41. The van der Waals surface area contributed by atoms with Crippen molar-refractivity contribution in [2.75, 3.05) is 0 Å². The molecule has 0 aliphatic carbocycles. The Bertz CT molecular complexity index is 457. The van der Waals surface area contributed by atoms with Crippen molar-refractivity contribution in [3.8, 4) is 10.4 Å². The lowest BCUT2D eigenvalue weighted by Crippen LogP contribution is -1.81. The summed E-state index contributed by atoms with van der Waals surface area (Å²) >= 11 is 1.75. The molecule has 1 aromatic carbocycles. The maximum atomic E-state index is 4.28. The van der Waals surface area contributed by atoms with E-state index in [0.717, 1.165) is 5.01 Å². The van der Waals surface area contributed by atoms with Crippen LogP contribution in [0.5, 0.6) is 0 Å². The van der Waals surface area contributed by atoms with Crippen LogP contribution in [0.4, 0.5) is 0 Å². The standard InChI is InChI=1S/C12H13NS/c1-8-4-5-11(9(2)6-8)12-7-13-10(3)14-12/h4-7H,1-3H3. The number of aryl methyl sites for hydroxylation is 3. The molecule has 0 bridgehead atoms. The molecule has 0 radical (unpaired) electrons. The van der Waals surface area contributed by atoms with Crippen LogP contribution in [0.15, 0.2) is 24.4 Å². The molecule has 2 aromatic rings. The Morgan fingerprint density at radius 1 is 1.14 bits per heavy atom. The lowest BCUT2D eigenvalue weighted by molar-refractivity contribution is 1.30. The Morgan fingerprint density at radius 3 is 2.50 bits per heavy atom. The maximum absolute atomic E-state index is 4.28. The van der Waals surface area contributed by atoms with E-state index in [1.807, 2.05) is 13.1 Å². The highest BCUT2D eigenvalue weighted by Gasteiger charge is 2.04. The van der Waals surface area contributed by atoms with Crippen LogP contribution in [0.25, 0.3) is 10.4 Å². The summed E-state index contributed by atoms with van der Waals surface area (Å²) in [5, 5.41) is 1.12. The van der Waals surface area contributed by atoms with Gasteiger partial charge in [-0.2, -0.15) is 0 Å². The van der Waals surface area contributed by atoms with E-state index in [9.17, 15) is 0 Å². The average molecular weight is 203 g/mol. The highest BCUT2D eigenvalue weighted by molar-refractivity contribution is 7.15. The summed E-state index contributed by atoms with van der Waals surface area (Å²) in [5.74, 6) is 0. The Labute approximate surface area is 88.4 Å². The highest BCUT2D eigenvalue weighted by Crippen LogP contribution is 2.28. The van der Waals surface area contributed by atoms with Gasteiger partial charge in [-0.3, -0.25) is 0 Å². The van der Waals surface area contributed by atoms with Gasteiger partial charge in [-0.15, -0.1) is 11.3 Å². The van der Waals surface area contributed by atoms with Gasteiger partial charge in [0.1, 0.15) is 0 Å². The van der Waals surface area contributed by atoms with Gasteiger partial charge in [0.2, 0.25) is 0 Å². The van der Waals surface area contributed by atoms with Crippen molar-refractivity contribution < 1.29 is 0 Å². The summed E-state index contributed by atoms with van der Waals surface area (Å²) in [6.07, 6.45) is 1.96. The van der Waals surface area contributed by atoms with Crippen LogP contribution in [0.3, 0.4) is 0 Å². The summed E-state index contributed by atoms with van der Waals surface area (Å²) < 4.78 is 0. The van der Waals surface area contributed by atoms with Gasteiger partial charge in [0.25, 0.3) is 0 Å². The molecule has 0 unspecified atom stereocenters. The number of benzene rings is 1. The predicted octanol–water partition coefficient (Wildman–Crippen LogP) is 3.74. The minimum absolute atomic E-state index is 1.12. The minimum atomic E-state index is 1.12. The van der Waals surface area contributed by atoms with Crippen LogP contribution in [0.2, 0.25) is 0 Å². The summed E-state index contributed by atoms with van der Waals surface area (Å²) in [4.78, 5) is 5.54. The normalized spacial score (nSPS) is 10.5. The van der Waals surface area contributed by atoms with Gasteiger partial charge in [0.15, 0.2) is 0 Å². The molecule has 1 nitrogen and oxygen atoms in total. The SMILES string of the molecule is Cc1ccc(-c2cnc(C)s2)c(C)c1. The van der Waals surface area contributed by atoms with E-state index in [2.05, 4.69) is 37.0 Å². The van der Waals surface area contributed by atoms with Crippen molar-refractivity contribution in [1.82, 2.24) is 4.98 Å². The third kappa shape index (κ3) is 1.70. The van der Waals surface area contributed by atoms with E-state index in [1.165, 1.54) is 21.6 Å². The van der Waals surface area contributed by atoms with E-state index in [4.69, 9.17) is 0 Å². The van der Waals surface area contributed by atoms with Gasteiger partial charge < -0.3 is 0 Å². The third-order valence-electron chi connectivity index (χ3n) is 2.27. The molecule has 14 heavy (non-hydrogen) atoms. The monoisotopic (exact) mass is 203 g/mol. The van der Waals surface area contributed by atoms with Gasteiger partial charge in [-0.25, -0.2) is 4.98 Å². The first-order valence-electron chi connectivity index (χ1n) is 4.67. The lowest BCUT2D eigenvalue weighted by atomic mass is 10.1. The highest BCUT2D eigenvalue weighted by atomic mass is 32.1. The molecule has 72 valence electrons. The second kappa shape index (κ2) is 3.54. The molecular weight excluding hydrogens is 190 g/mol. The first-order chi connectivity index (χ1) is 6.66. The summed E-state index contributed by atoms with van der Waals surface area (Å²) in [7, 11) is 0. The van der Waals surface area contributed by atoms with Crippen molar-refractivity contribution in [3.05, 3.63) is 40.5 Å². The second-order valence-corrected chi connectivity index (χ2v) is 4.80. The number of nitrogens with zero attached hydrogens (tertiary/aromatic N) is 1. The van der Waals surface area contributed by atoms with E-state index < -0.39 is 0 Å². The zero-order valence-corrected chi connectivity index (χ0v) is 9.48. The lowest BCUT2D eigenvalue weighted by Gasteiger charge is -2.03. The number of hydrogen-bond donors (Lipinski definition) is 0. The van der Waals surface area contributed by atoms with Crippen molar-refractivity contribution in [2.45, 2.75) is 20.8 Å². The Hall–Kier alpha value is -1.15. The zero-order valence-electron chi connectivity index (χ0n) is 8.66. The molecule has 0 saturated carbocycles. The van der Waals surface area contributed by atoms with Gasteiger partial charge in [-0.1, -0.05) is 23.8 Å². The van der Waals surface area contributed by atoms with Gasteiger partial charge in [0, 0.05) is 6.20 Å². The average Bonchev–Trinajstić information content (AvgIpc) is 2.51. The van der Waals surface area contributed by atoms with E-state index in [1.54, 1.807) is 11.3 Å². The smallest absolute Gasteiger partial charge is 0.0900 e. The van der Waals surface area contributed by atoms with Crippen LogP contribution in [0.1, 0.15) is 16.1 Å². The molecule has 0 amide bonds. The van der Waals surface area contributed by atoms with Gasteiger partial charge >= 0.3 is 0 Å². The van der Waals surface area contributed by atoms with Crippen molar-refractivity contribution in [2.24, 2.45) is 0 Å². The zero-order chi connectivity index (χ0) is 10.1. The fraction of sp³-hybridized carbons (Fsp3) is 0.250. The molecule has 1 heterocycles. The maximum Gasteiger partial charge on any atom is 0.0900 e. The molecule has 0 atom stereocenters. The van der Waals surface area contributed by atoms with Crippen LogP contribution >= 0.6 is 11.3 Å². The molecule has 1 aromatic heterocycles. The number of thiazole rings is 1. The first-order valence-corrected chi connectivity index (χ1v) is 5.48. The molecule has 0 N–H and O–H groups in total. The number of rotatable bonds is 1. The predicted molar refractivity (Wildman–Crippen MR) is 61.8 cm³/mol. The second-order valence-electron chi connectivity index (χ2n) is 3.56. The Kier molecular flexibility index (Phi) is 2.38. The number of hydrogen-bond acceptors (Lipinski definition) is 2. The third-order valence-corrected chi connectivity index (χ3v) is 3.21. The van der Waals surface area contributed by atoms with Gasteiger partial charge in [-0.05, 0) is 31.9 Å². The van der Waals surface area contributed by atoms with Crippen molar-refractivity contribution in [3.63, 3.8) is 0 Å². The van der Waals surface area contributed by atoms with Gasteiger partial charge in [0.05, 0.1) is 9.88 Å².